The van der Waals surface area contributed by atoms with E-state index in [1.807, 2.05) is 30.3 Å². The van der Waals surface area contributed by atoms with Crippen LogP contribution in [0.25, 0.3) is 0 Å². The molecule has 0 saturated heterocycles. The summed E-state index contributed by atoms with van der Waals surface area (Å²) in [5.74, 6) is -2.62. The maximum Gasteiger partial charge on any atom is 0.257 e. The number of hydrogen-bond donors (Lipinski definition) is 2. The van der Waals surface area contributed by atoms with Gasteiger partial charge < -0.3 is 10.6 Å². The number of carbonyl (C=O) groups excluding carboxylic acids is 2. The molecule has 2 aromatic carbocycles. The largest absolute Gasteiger partial charge is 0.354 e. The maximum atomic E-state index is 13.4. The number of benzene rings is 2. The first-order valence-electron chi connectivity index (χ1n) is 7.24. The van der Waals surface area contributed by atoms with E-state index >= 15 is 0 Å². The molecule has 0 atom stereocenters. The second-order valence-electron chi connectivity index (χ2n) is 4.80. The number of thioether (sulfide) groups is 1. The van der Waals surface area contributed by atoms with Crippen molar-refractivity contribution < 1.29 is 18.4 Å². The third kappa shape index (κ3) is 5.34. The molecular weight excluding hydrogens is 334 g/mol. The van der Waals surface area contributed by atoms with Gasteiger partial charge in [-0.05, 0) is 24.3 Å². The first-order chi connectivity index (χ1) is 11.6. The fourth-order valence-electron chi connectivity index (χ4n) is 1.90. The maximum absolute atomic E-state index is 13.4. The van der Waals surface area contributed by atoms with Crippen molar-refractivity contribution in [2.24, 2.45) is 0 Å². The highest BCUT2D eigenvalue weighted by atomic mass is 32.2. The summed E-state index contributed by atoms with van der Waals surface area (Å²) in [6, 6.07) is 12.7. The summed E-state index contributed by atoms with van der Waals surface area (Å²) in [6.07, 6.45) is 0. The predicted octanol–water partition coefficient (Wildman–Crippen LogP) is 2.60. The van der Waals surface area contributed by atoms with Crippen LogP contribution >= 0.6 is 11.8 Å². The van der Waals surface area contributed by atoms with Gasteiger partial charge in [0.05, 0.1) is 5.75 Å². The van der Waals surface area contributed by atoms with Crippen LogP contribution in [-0.4, -0.2) is 30.7 Å². The molecule has 0 aliphatic heterocycles. The lowest BCUT2D eigenvalue weighted by Crippen LogP contribution is -2.36. The van der Waals surface area contributed by atoms with Crippen molar-refractivity contribution >= 4 is 23.6 Å². The summed E-state index contributed by atoms with van der Waals surface area (Å²) in [4.78, 5) is 24.4. The van der Waals surface area contributed by atoms with E-state index in [-0.39, 0.29) is 24.7 Å². The molecule has 126 valence electrons. The third-order valence-electron chi connectivity index (χ3n) is 3.04. The zero-order valence-electron chi connectivity index (χ0n) is 12.7. The Labute approximate surface area is 142 Å². The van der Waals surface area contributed by atoms with Gasteiger partial charge in [-0.25, -0.2) is 8.78 Å². The third-order valence-corrected chi connectivity index (χ3v) is 4.05. The van der Waals surface area contributed by atoms with Crippen molar-refractivity contribution in [2.45, 2.75) is 4.90 Å². The summed E-state index contributed by atoms with van der Waals surface area (Å²) < 4.78 is 26.9. The van der Waals surface area contributed by atoms with Crippen LogP contribution in [0, 0.1) is 11.6 Å². The van der Waals surface area contributed by atoms with Gasteiger partial charge in [-0.3, -0.25) is 9.59 Å². The average molecular weight is 350 g/mol. The molecule has 2 rings (SSSR count). The molecule has 0 aromatic heterocycles. The molecule has 7 heteroatoms. The quantitative estimate of drug-likeness (QED) is 0.596. The molecule has 2 amide bonds. The van der Waals surface area contributed by atoms with Gasteiger partial charge in [0.1, 0.15) is 17.2 Å². The van der Waals surface area contributed by atoms with Crippen LogP contribution in [0.3, 0.4) is 0 Å². The zero-order valence-corrected chi connectivity index (χ0v) is 13.5. The number of halogens is 2. The molecule has 24 heavy (non-hydrogen) atoms. The Morgan fingerprint density at radius 3 is 2.17 bits per heavy atom. The van der Waals surface area contributed by atoms with Gasteiger partial charge >= 0.3 is 0 Å². The first kappa shape index (κ1) is 17.9. The fraction of sp³-hybridized carbons (Fsp3) is 0.176. The minimum atomic E-state index is -0.921. The normalized spacial score (nSPS) is 10.2. The molecule has 0 bridgehead atoms. The Balaban J connectivity index is 1.69. The van der Waals surface area contributed by atoms with Crippen molar-refractivity contribution in [1.82, 2.24) is 10.6 Å². The second-order valence-corrected chi connectivity index (χ2v) is 5.85. The van der Waals surface area contributed by atoms with E-state index in [9.17, 15) is 18.4 Å². The summed E-state index contributed by atoms with van der Waals surface area (Å²) >= 11 is 1.40. The second kappa shape index (κ2) is 9.02. The molecule has 0 aliphatic rings. The molecular formula is C17H16F2N2O2S. The minimum absolute atomic E-state index is 0.0777. The standard InChI is InChI=1S/C17H16F2N2O2S/c18-13-7-4-8-14(19)16(13)17(23)21-10-9-20-15(22)11-24-12-5-2-1-3-6-12/h1-8H,9-11H2,(H,20,22)(H,21,23). The first-order valence-corrected chi connectivity index (χ1v) is 8.23. The topological polar surface area (TPSA) is 58.2 Å². The van der Waals surface area contributed by atoms with Gasteiger partial charge in [-0.15, -0.1) is 11.8 Å². The van der Waals surface area contributed by atoms with Crippen molar-refractivity contribution in [1.29, 1.82) is 0 Å². The molecule has 2 N–H and O–H groups in total. The van der Waals surface area contributed by atoms with E-state index in [1.165, 1.54) is 17.8 Å². The fourth-order valence-corrected chi connectivity index (χ4v) is 2.65. The Hall–Kier alpha value is -2.41. The van der Waals surface area contributed by atoms with Crippen LogP contribution < -0.4 is 10.6 Å². The van der Waals surface area contributed by atoms with Gasteiger partial charge in [-0.1, -0.05) is 24.3 Å². The molecule has 0 spiro atoms. The lowest BCUT2D eigenvalue weighted by molar-refractivity contribution is -0.118. The van der Waals surface area contributed by atoms with Crippen LogP contribution in [-0.2, 0) is 4.79 Å². The number of hydrogen-bond acceptors (Lipinski definition) is 3. The lowest BCUT2D eigenvalue weighted by Gasteiger charge is -2.08. The summed E-state index contributed by atoms with van der Waals surface area (Å²) in [6.45, 7) is 0.254. The average Bonchev–Trinajstić information content (AvgIpc) is 2.57. The Bertz CT molecular complexity index is 691. The zero-order chi connectivity index (χ0) is 17.4. The van der Waals surface area contributed by atoms with E-state index in [1.54, 1.807) is 0 Å². The molecule has 0 fully saturated rings. The van der Waals surface area contributed by atoms with Gasteiger partial charge in [0.15, 0.2) is 0 Å². The summed E-state index contributed by atoms with van der Waals surface area (Å²) in [5, 5.41) is 5.00. The highest BCUT2D eigenvalue weighted by Crippen LogP contribution is 2.16. The Morgan fingerprint density at radius 1 is 0.875 bits per heavy atom. The van der Waals surface area contributed by atoms with Crippen LogP contribution in [0.5, 0.6) is 0 Å². The monoisotopic (exact) mass is 350 g/mol. The number of rotatable bonds is 7. The molecule has 0 saturated carbocycles. The number of carbonyl (C=O) groups is 2. The van der Waals surface area contributed by atoms with E-state index in [2.05, 4.69) is 10.6 Å². The van der Waals surface area contributed by atoms with Crippen molar-refractivity contribution in [3.8, 4) is 0 Å². The summed E-state index contributed by atoms with van der Waals surface area (Å²) in [7, 11) is 0. The van der Waals surface area contributed by atoms with Gasteiger partial charge in [0.25, 0.3) is 5.91 Å². The summed E-state index contributed by atoms with van der Waals surface area (Å²) in [5.41, 5.74) is -0.622. The van der Waals surface area contributed by atoms with Crippen molar-refractivity contribution in [3.63, 3.8) is 0 Å². The molecule has 0 heterocycles. The van der Waals surface area contributed by atoms with Gasteiger partial charge in [0.2, 0.25) is 5.91 Å². The van der Waals surface area contributed by atoms with E-state index in [0.29, 0.717) is 0 Å². The number of amides is 2. The molecule has 0 unspecified atom stereocenters. The van der Waals surface area contributed by atoms with Gasteiger partial charge in [-0.2, -0.15) is 0 Å². The Kier molecular flexibility index (Phi) is 6.74. The van der Waals surface area contributed by atoms with Crippen LogP contribution in [0.2, 0.25) is 0 Å². The molecule has 4 nitrogen and oxygen atoms in total. The highest BCUT2D eigenvalue weighted by molar-refractivity contribution is 8.00. The van der Waals surface area contributed by atoms with Crippen LogP contribution in [0.15, 0.2) is 53.4 Å². The Morgan fingerprint density at radius 2 is 1.50 bits per heavy atom. The van der Waals surface area contributed by atoms with E-state index in [4.69, 9.17) is 0 Å². The number of nitrogens with one attached hydrogen (secondary N) is 2. The SMILES string of the molecule is O=C(CSc1ccccc1)NCCNC(=O)c1c(F)cccc1F. The lowest BCUT2D eigenvalue weighted by atomic mass is 10.2. The molecule has 0 aliphatic carbocycles. The van der Waals surface area contributed by atoms with E-state index in [0.717, 1.165) is 17.0 Å². The molecule has 2 aromatic rings. The van der Waals surface area contributed by atoms with Crippen LogP contribution in [0.1, 0.15) is 10.4 Å². The van der Waals surface area contributed by atoms with Gasteiger partial charge in [0, 0.05) is 18.0 Å². The predicted molar refractivity (Wildman–Crippen MR) is 88.9 cm³/mol. The smallest absolute Gasteiger partial charge is 0.257 e. The molecule has 0 radical (unpaired) electrons. The highest BCUT2D eigenvalue weighted by Gasteiger charge is 2.16. The van der Waals surface area contributed by atoms with Crippen molar-refractivity contribution in [3.05, 3.63) is 65.7 Å². The van der Waals surface area contributed by atoms with E-state index < -0.39 is 23.1 Å². The van der Waals surface area contributed by atoms with Crippen molar-refractivity contribution in [2.75, 3.05) is 18.8 Å². The minimum Gasteiger partial charge on any atom is -0.354 e. The van der Waals surface area contributed by atoms with Crippen LogP contribution in [0.4, 0.5) is 8.78 Å².